The van der Waals surface area contributed by atoms with E-state index in [1.807, 2.05) is 48.5 Å². The maximum absolute atomic E-state index is 13.4. The Morgan fingerprint density at radius 2 is 1.44 bits per heavy atom. The average Bonchev–Trinajstić information content (AvgIpc) is 3.68. The lowest BCUT2D eigenvalue weighted by Crippen LogP contribution is -2.03. The van der Waals surface area contributed by atoms with Gasteiger partial charge < -0.3 is 13.7 Å². The molecule has 206 valence electrons. The van der Waals surface area contributed by atoms with Gasteiger partial charge in [-0.25, -0.2) is 0 Å². The largest absolute Gasteiger partial charge is 0.454 e. The van der Waals surface area contributed by atoms with Crippen molar-refractivity contribution in [3.8, 4) is 17.1 Å². The Hall–Kier alpha value is -5.35. The van der Waals surface area contributed by atoms with Gasteiger partial charge in [-0.1, -0.05) is 86.1 Å². The van der Waals surface area contributed by atoms with Crippen LogP contribution in [0.4, 0.5) is 0 Å². The summed E-state index contributed by atoms with van der Waals surface area (Å²) in [5.41, 5.74) is 4.43. The summed E-state index contributed by atoms with van der Waals surface area (Å²) < 4.78 is 15.0. The molecule has 0 saturated carbocycles. The third-order valence-corrected chi connectivity index (χ3v) is 8.95. The van der Waals surface area contributed by atoms with E-state index in [-0.39, 0.29) is 5.78 Å². The highest BCUT2D eigenvalue weighted by Gasteiger charge is 2.29. The predicted octanol–water partition coefficient (Wildman–Crippen LogP) is 10.4. The first-order valence-corrected chi connectivity index (χ1v) is 14.9. The second kappa shape index (κ2) is 9.07. The van der Waals surface area contributed by atoms with Crippen LogP contribution in [0.3, 0.4) is 0 Å². The number of hydrogen-bond donors (Lipinski definition) is 0. The number of furan rings is 1. The Morgan fingerprint density at radius 3 is 2.28 bits per heavy atom. The molecular formula is C39H27NO3. The van der Waals surface area contributed by atoms with Crippen LogP contribution in [0.1, 0.15) is 35.8 Å². The van der Waals surface area contributed by atoms with Crippen molar-refractivity contribution in [2.75, 3.05) is 0 Å². The number of Topliss-reactive ketones (excluding diaryl/α,β-unsaturated/α-hetero) is 1. The van der Waals surface area contributed by atoms with Crippen molar-refractivity contribution in [2.45, 2.75) is 26.3 Å². The molecule has 2 aromatic heterocycles. The number of fused-ring (bicyclic) bond motifs is 3. The van der Waals surface area contributed by atoms with Gasteiger partial charge in [-0.05, 0) is 67.7 Å². The number of carbonyl (C=O) groups excluding carboxylic acids is 1. The number of aromatic nitrogens is 1. The zero-order valence-corrected chi connectivity index (χ0v) is 23.7. The predicted molar refractivity (Wildman–Crippen MR) is 175 cm³/mol. The molecule has 1 aliphatic heterocycles. The molecule has 0 aliphatic carbocycles. The van der Waals surface area contributed by atoms with Crippen LogP contribution < -0.4 is 4.74 Å². The van der Waals surface area contributed by atoms with Crippen LogP contribution in [-0.2, 0) is 6.54 Å². The van der Waals surface area contributed by atoms with Crippen molar-refractivity contribution in [3.63, 3.8) is 0 Å². The summed E-state index contributed by atoms with van der Waals surface area (Å²) in [6.07, 6.45) is 3.94. The molecular weight excluding hydrogens is 530 g/mol. The van der Waals surface area contributed by atoms with Crippen LogP contribution in [0.2, 0.25) is 0 Å². The number of carbonyl (C=O) groups is 1. The molecule has 0 atom stereocenters. The molecule has 0 saturated heterocycles. The number of nitrogens with zero attached hydrogens (tertiary/aromatic N) is 1. The van der Waals surface area contributed by atoms with Crippen LogP contribution in [0.5, 0.6) is 5.75 Å². The maximum Gasteiger partial charge on any atom is 0.232 e. The fourth-order valence-corrected chi connectivity index (χ4v) is 6.85. The lowest BCUT2D eigenvalue weighted by molar-refractivity contribution is 0.101. The number of unbranched alkanes of at least 4 members (excludes halogenated alkanes) is 1. The van der Waals surface area contributed by atoms with Gasteiger partial charge in [0.2, 0.25) is 5.78 Å². The van der Waals surface area contributed by atoms with Crippen LogP contribution in [0, 0.1) is 0 Å². The van der Waals surface area contributed by atoms with Gasteiger partial charge in [0.05, 0.1) is 11.1 Å². The molecule has 3 heterocycles. The number of allylic oxidation sites excluding steroid dienone is 1. The molecule has 0 bridgehead atoms. The van der Waals surface area contributed by atoms with Crippen LogP contribution in [-0.4, -0.2) is 10.4 Å². The second-order valence-electron chi connectivity index (χ2n) is 11.5. The Morgan fingerprint density at radius 1 is 0.721 bits per heavy atom. The zero-order chi connectivity index (χ0) is 28.7. The molecule has 0 spiro atoms. The summed E-state index contributed by atoms with van der Waals surface area (Å²) >= 11 is 0. The van der Waals surface area contributed by atoms with Gasteiger partial charge in [0, 0.05) is 36.0 Å². The van der Waals surface area contributed by atoms with Crippen LogP contribution >= 0.6 is 0 Å². The van der Waals surface area contributed by atoms with Crippen molar-refractivity contribution in [3.05, 3.63) is 120 Å². The molecule has 43 heavy (non-hydrogen) atoms. The van der Waals surface area contributed by atoms with E-state index in [1.165, 1.54) is 32.3 Å². The molecule has 8 aromatic rings. The maximum atomic E-state index is 13.4. The molecule has 4 nitrogen and oxygen atoms in total. The van der Waals surface area contributed by atoms with E-state index in [2.05, 4.69) is 72.2 Å². The molecule has 0 fully saturated rings. The van der Waals surface area contributed by atoms with Crippen molar-refractivity contribution in [1.82, 2.24) is 4.57 Å². The summed E-state index contributed by atoms with van der Waals surface area (Å²) in [7, 11) is 0. The van der Waals surface area contributed by atoms with Crippen molar-refractivity contribution in [2.24, 2.45) is 0 Å². The molecule has 6 aromatic carbocycles. The standard InChI is InChI=1S/C39H27NO3/c1-2-3-16-40-28(21-36-39(41)31-17-25-8-4-5-9-26(25)19-33(31)43-36)20-35-32(40)22-34(42-35)30-18-27-12-6-10-23-14-15-24-11-7-13-29(30)38(24)37(23)27/h4-15,17-22H,2-3,16H2,1H3/b36-21-. The highest BCUT2D eigenvalue weighted by Crippen LogP contribution is 2.42. The van der Waals surface area contributed by atoms with Crippen molar-refractivity contribution in [1.29, 1.82) is 0 Å². The van der Waals surface area contributed by atoms with Gasteiger partial charge in [0.15, 0.2) is 11.3 Å². The van der Waals surface area contributed by atoms with E-state index in [0.29, 0.717) is 17.1 Å². The quantitative estimate of drug-likeness (QED) is 0.156. The summed E-state index contributed by atoms with van der Waals surface area (Å²) in [4.78, 5) is 13.4. The summed E-state index contributed by atoms with van der Waals surface area (Å²) in [6, 6.07) is 35.8. The SMILES string of the molecule is CCCCn1c(/C=C2\Oc3cc4ccccc4cc3C2=O)cc2oc(-c3cc4cccc5ccc6cccc3c6c54)cc21. The van der Waals surface area contributed by atoms with Crippen LogP contribution in [0.15, 0.2) is 113 Å². The van der Waals surface area contributed by atoms with Crippen molar-refractivity contribution < 1.29 is 13.9 Å². The minimum atomic E-state index is -0.0883. The minimum absolute atomic E-state index is 0.0883. The molecule has 1 aliphatic rings. The van der Waals surface area contributed by atoms with E-state index in [9.17, 15) is 4.79 Å². The fraction of sp³-hybridized carbons (Fsp3) is 0.103. The van der Waals surface area contributed by atoms with E-state index in [1.54, 1.807) is 0 Å². The summed E-state index contributed by atoms with van der Waals surface area (Å²) in [6.45, 7) is 3.01. The van der Waals surface area contributed by atoms with Gasteiger partial charge >= 0.3 is 0 Å². The molecule has 4 heteroatoms. The number of rotatable bonds is 5. The first kappa shape index (κ1) is 24.3. The zero-order valence-electron chi connectivity index (χ0n) is 23.7. The monoisotopic (exact) mass is 557 g/mol. The molecule has 0 radical (unpaired) electrons. The van der Waals surface area contributed by atoms with Crippen molar-refractivity contribution >= 4 is 66.0 Å². The summed E-state index contributed by atoms with van der Waals surface area (Å²) in [5.74, 6) is 1.71. The highest BCUT2D eigenvalue weighted by molar-refractivity contribution is 6.26. The number of hydrogen-bond acceptors (Lipinski definition) is 3. The lowest BCUT2D eigenvalue weighted by atomic mass is 9.91. The second-order valence-corrected chi connectivity index (χ2v) is 11.5. The number of benzene rings is 6. The average molecular weight is 558 g/mol. The third kappa shape index (κ3) is 3.59. The number of ketones is 1. The Balaban J connectivity index is 1.18. The highest BCUT2D eigenvalue weighted by atomic mass is 16.5. The lowest BCUT2D eigenvalue weighted by Gasteiger charge is -2.13. The smallest absolute Gasteiger partial charge is 0.232 e. The van der Waals surface area contributed by atoms with E-state index < -0.39 is 0 Å². The Bertz CT molecular complexity index is 2440. The number of aryl methyl sites for hydroxylation is 1. The molecule has 0 unspecified atom stereocenters. The molecule has 9 rings (SSSR count). The first-order chi connectivity index (χ1) is 21.2. The minimum Gasteiger partial charge on any atom is -0.454 e. The topological polar surface area (TPSA) is 44.4 Å². The summed E-state index contributed by atoms with van der Waals surface area (Å²) in [5, 5.41) is 9.54. The van der Waals surface area contributed by atoms with Crippen LogP contribution in [0.25, 0.3) is 71.6 Å². The molecule has 0 amide bonds. The van der Waals surface area contributed by atoms with E-state index >= 15 is 0 Å². The first-order valence-electron chi connectivity index (χ1n) is 14.9. The fourth-order valence-electron chi connectivity index (χ4n) is 6.85. The van der Waals surface area contributed by atoms with E-state index in [4.69, 9.17) is 9.15 Å². The van der Waals surface area contributed by atoms with E-state index in [0.717, 1.165) is 58.3 Å². The Labute approximate surface area is 247 Å². The van der Waals surface area contributed by atoms with Gasteiger partial charge in [0.1, 0.15) is 11.5 Å². The van der Waals surface area contributed by atoms with Gasteiger partial charge in [0.25, 0.3) is 0 Å². The van der Waals surface area contributed by atoms with Gasteiger partial charge in [-0.3, -0.25) is 4.79 Å². The molecule has 0 N–H and O–H groups in total. The van der Waals surface area contributed by atoms with Gasteiger partial charge in [-0.15, -0.1) is 0 Å². The third-order valence-electron chi connectivity index (χ3n) is 8.95. The Kier molecular flexibility index (Phi) is 5.12. The number of ether oxygens (including phenoxy) is 1. The van der Waals surface area contributed by atoms with Gasteiger partial charge in [-0.2, -0.15) is 0 Å². The normalized spacial score (nSPS) is 14.3.